The maximum absolute atomic E-state index is 13.4. The van der Waals surface area contributed by atoms with Crippen LogP contribution in [-0.4, -0.2) is 29.4 Å². The summed E-state index contributed by atoms with van der Waals surface area (Å²) in [5, 5.41) is 7.65. The molecular weight excluding hydrogens is 463 g/mol. The number of fused-ring (bicyclic) bond motifs is 1. The predicted molar refractivity (Wildman–Crippen MR) is 121 cm³/mol. The number of carbonyl (C=O) groups is 3. The van der Waals surface area contributed by atoms with Gasteiger partial charge in [0.15, 0.2) is 0 Å². The summed E-state index contributed by atoms with van der Waals surface area (Å²) in [4.78, 5) is 43.1. The van der Waals surface area contributed by atoms with E-state index in [0.29, 0.717) is 10.9 Å². The number of nitrogens with one attached hydrogen (secondary N) is 3. The fourth-order valence-corrected chi connectivity index (χ4v) is 3.40. The van der Waals surface area contributed by atoms with Gasteiger partial charge in [-0.2, -0.15) is 13.2 Å². The minimum absolute atomic E-state index is 0.151. The fraction of sp³-hybridized carbons (Fsp3) is 0.208. The van der Waals surface area contributed by atoms with E-state index in [0.717, 1.165) is 6.07 Å². The smallest absolute Gasteiger partial charge is 0.345 e. The monoisotopic (exact) mass is 483 g/mol. The molecule has 0 aliphatic heterocycles. The third kappa shape index (κ3) is 6.11. The van der Waals surface area contributed by atoms with Crippen LogP contribution in [0.4, 0.5) is 13.2 Å². The molecule has 8 nitrogen and oxygen atoms in total. The molecule has 0 unspecified atom stereocenters. The highest BCUT2D eigenvalue weighted by Gasteiger charge is 2.34. The Balaban J connectivity index is 1.81. The lowest BCUT2D eigenvalue weighted by Crippen LogP contribution is -2.39. The highest BCUT2D eigenvalue weighted by atomic mass is 19.4. The zero-order valence-electron chi connectivity index (χ0n) is 18.4. The molecule has 1 heterocycles. The van der Waals surface area contributed by atoms with E-state index in [2.05, 4.69) is 25.8 Å². The Morgan fingerprint density at radius 2 is 1.69 bits per heavy atom. The molecule has 0 saturated heterocycles. The largest absolute Gasteiger partial charge is 0.433 e. The molecule has 180 valence electrons. The van der Waals surface area contributed by atoms with E-state index < -0.39 is 35.6 Å². The first-order valence-electron chi connectivity index (χ1n) is 10.4. The van der Waals surface area contributed by atoms with Crippen LogP contribution in [0.15, 0.2) is 54.6 Å². The standard InChI is InChI=1S/C24H20F3N5O3/c1-14(18-11-20(24(25,26)27)32-19-10-6-5-9-17(18)19)31-21(33)16-8-4-3-7-15(16)12-29-22(34)23(35)30-13-28-2/h3-11,14H,12-13H2,1H3,(H,29,34)(H,30,35)(H,31,33)/t14-/m1/s1. The Hall–Kier alpha value is -4.46. The number of hydrogen-bond acceptors (Lipinski definition) is 4. The maximum Gasteiger partial charge on any atom is 0.433 e. The first-order chi connectivity index (χ1) is 16.6. The van der Waals surface area contributed by atoms with Crippen molar-refractivity contribution in [3.8, 4) is 0 Å². The Kier molecular flexibility index (Phi) is 7.66. The van der Waals surface area contributed by atoms with Gasteiger partial charge >= 0.3 is 18.0 Å². The molecule has 3 amide bonds. The molecule has 3 rings (SSSR count). The number of alkyl halides is 3. The van der Waals surface area contributed by atoms with Crippen LogP contribution in [0, 0.1) is 6.57 Å². The quantitative estimate of drug-likeness (QED) is 0.370. The van der Waals surface area contributed by atoms with E-state index in [1.165, 1.54) is 12.1 Å². The van der Waals surface area contributed by atoms with Crippen LogP contribution >= 0.6 is 0 Å². The van der Waals surface area contributed by atoms with Crippen molar-refractivity contribution in [2.24, 2.45) is 0 Å². The summed E-state index contributed by atoms with van der Waals surface area (Å²) in [6.45, 7) is 7.69. The van der Waals surface area contributed by atoms with Gasteiger partial charge in [0.1, 0.15) is 5.69 Å². The minimum Gasteiger partial charge on any atom is -0.345 e. The highest BCUT2D eigenvalue weighted by molar-refractivity contribution is 6.35. The second kappa shape index (κ2) is 10.6. The van der Waals surface area contributed by atoms with Crippen LogP contribution in [0.2, 0.25) is 0 Å². The van der Waals surface area contributed by atoms with Gasteiger partial charge in [-0.1, -0.05) is 36.4 Å². The average molecular weight is 483 g/mol. The second-order valence-electron chi connectivity index (χ2n) is 7.47. The number of amides is 3. The highest BCUT2D eigenvalue weighted by Crippen LogP contribution is 2.33. The molecular formula is C24H20F3N5O3. The molecule has 1 aromatic heterocycles. The van der Waals surface area contributed by atoms with Crippen LogP contribution in [0.5, 0.6) is 0 Å². The third-order valence-electron chi connectivity index (χ3n) is 5.08. The van der Waals surface area contributed by atoms with E-state index in [4.69, 9.17) is 6.57 Å². The SMILES string of the molecule is [C-]#[N+]CNC(=O)C(=O)NCc1ccccc1C(=O)N[C@H](C)c1cc(C(F)(F)F)nc2ccccc12. The van der Waals surface area contributed by atoms with Gasteiger partial charge in [0, 0.05) is 17.5 Å². The molecule has 2 aromatic carbocycles. The lowest BCUT2D eigenvalue weighted by Gasteiger charge is -2.19. The molecule has 0 fully saturated rings. The molecule has 0 bridgehead atoms. The first-order valence-corrected chi connectivity index (χ1v) is 10.4. The summed E-state index contributed by atoms with van der Waals surface area (Å²) in [5.41, 5.74) is -0.0989. The number of para-hydroxylation sites is 1. The maximum atomic E-state index is 13.4. The Morgan fingerprint density at radius 3 is 2.40 bits per heavy atom. The van der Waals surface area contributed by atoms with Gasteiger partial charge in [-0.25, -0.2) is 11.6 Å². The van der Waals surface area contributed by atoms with Gasteiger partial charge < -0.3 is 10.6 Å². The molecule has 0 aliphatic carbocycles. The summed E-state index contributed by atoms with van der Waals surface area (Å²) in [6.07, 6.45) is -4.66. The summed E-state index contributed by atoms with van der Waals surface area (Å²) in [6, 6.07) is 12.7. The van der Waals surface area contributed by atoms with E-state index >= 15 is 0 Å². The number of aromatic nitrogens is 1. The first kappa shape index (κ1) is 25.2. The topological polar surface area (TPSA) is 105 Å². The zero-order valence-corrected chi connectivity index (χ0v) is 18.4. The third-order valence-corrected chi connectivity index (χ3v) is 5.08. The molecule has 3 aromatic rings. The number of rotatable bonds is 6. The van der Waals surface area contributed by atoms with Gasteiger partial charge in [-0.3, -0.25) is 24.5 Å². The van der Waals surface area contributed by atoms with Crippen LogP contribution in [0.1, 0.15) is 40.1 Å². The van der Waals surface area contributed by atoms with Crippen LogP contribution < -0.4 is 16.0 Å². The Morgan fingerprint density at radius 1 is 1.03 bits per heavy atom. The number of halogens is 3. The van der Waals surface area contributed by atoms with Gasteiger partial charge in [0.2, 0.25) is 0 Å². The molecule has 35 heavy (non-hydrogen) atoms. The van der Waals surface area contributed by atoms with Crippen molar-refractivity contribution in [1.82, 2.24) is 20.9 Å². The average Bonchev–Trinajstić information content (AvgIpc) is 2.84. The van der Waals surface area contributed by atoms with Crippen molar-refractivity contribution >= 4 is 28.6 Å². The number of hydrogen-bond donors (Lipinski definition) is 3. The molecule has 11 heteroatoms. The van der Waals surface area contributed by atoms with Crippen LogP contribution in [-0.2, 0) is 22.3 Å². The lowest BCUT2D eigenvalue weighted by molar-refractivity contribution is -0.141. The molecule has 0 spiro atoms. The van der Waals surface area contributed by atoms with E-state index in [1.807, 2.05) is 0 Å². The van der Waals surface area contributed by atoms with Gasteiger partial charge in [0.25, 0.3) is 12.6 Å². The van der Waals surface area contributed by atoms with E-state index in [9.17, 15) is 27.6 Å². The Bertz CT molecular complexity index is 1320. The molecule has 1 atom stereocenters. The number of pyridine rings is 1. The lowest BCUT2D eigenvalue weighted by atomic mass is 10.0. The molecule has 0 aliphatic rings. The van der Waals surface area contributed by atoms with Crippen molar-refractivity contribution in [3.05, 3.63) is 88.4 Å². The van der Waals surface area contributed by atoms with Gasteiger partial charge in [-0.05, 0) is 36.2 Å². The molecule has 0 radical (unpaired) electrons. The van der Waals surface area contributed by atoms with Gasteiger partial charge in [-0.15, -0.1) is 0 Å². The zero-order chi connectivity index (χ0) is 25.6. The Labute approximate surface area is 198 Å². The molecule has 3 N–H and O–H groups in total. The number of nitrogens with zero attached hydrogens (tertiary/aromatic N) is 2. The van der Waals surface area contributed by atoms with Crippen LogP contribution in [0.25, 0.3) is 15.7 Å². The van der Waals surface area contributed by atoms with Gasteiger partial charge in [0.05, 0.1) is 11.6 Å². The normalized spacial score (nSPS) is 11.9. The number of benzene rings is 2. The van der Waals surface area contributed by atoms with Crippen molar-refractivity contribution in [2.75, 3.05) is 6.67 Å². The summed E-state index contributed by atoms with van der Waals surface area (Å²) in [5.74, 6) is -2.53. The number of carbonyl (C=O) groups excluding carboxylic acids is 3. The summed E-state index contributed by atoms with van der Waals surface area (Å²) in [7, 11) is 0. The second-order valence-corrected chi connectivity index (χ2v) is 7.47. The molecule has 0 saturated carbocycles. The predicted octanol–water partition coefficient (Wildman–Crippen LogP) is 3.35. The van der Waals surface area contributed by atoms with Crippen molar-refractivity contribution in [3.63, 3.8) is 0 Å². The van der Waals surface area contributed by atoms with Crippen molar-refractivity contribution < 1.29 is 27.6 Å². The summed E-state index contributed by atoms with van der Waals surface area (Å²) < 4.78 is 40.2. The van der Waals surface area contributed by atoms with Crippen molar-refractivity contribution in [1.29, 1.82) is 0 Å². The van der Waals surface area contributed by atoms with E-state index in [-0.39, 0.29) is 29.9 Å². The van der Waals surface area contributed by atoms with Crippen LogP contribution in [0.3, 0.4) is 0 Å². The summed E-state index contributed by atoms with van der Waals surface area (Å²) >= 11 is 0. The van der Waals surface area contributed by atoms with E-state index in [1.54, 1.807) is 43.3 Å². The fourth-order valence-electron chi connectivity index (χ4n) is 3.40. The van der Waals surface area contributed by atoms with Crippen molar-refractivity contribution in [2.45, 2.75) is 25.7 Å². The minimum atomic E-state index is -4.66.